The summed E-state index contributed by atoms with van der Waals surface area (Å²) in [5.74, 6) is 0.628. The highest BCUT2D eigenvalue weighted by molar-refractivity contribution is 7.12. The van der Waals surface area contributed by atoms with Gasteiger partial charge in [0.25, 0.3) is 0 Å². The Kier molecular flexibility index (Phi) is 6.23. The number of halogens is 1. The highest BCUT2D eigenvalue weighted by Crippen LogP contribution is 2.24. The van der Waals surface area contributed by atoms with Gasteiger partial charge in [0.15, 0.2) is 10.7 Å². The lowest BCUT2D eigenvalue weighted by Crippen LogP contribution is -2.01. The van der Waals surface area contributed by atoms with E-state index in [1.165, 1.54) is 16.9 Å². The zero-order valence-electron chi connectivity index (χ0n) is 15.1. The Balaban J connectivity index is 1.77. The number of nitrogens with one attached hydrogen (secondary N) is 1. The van der Waals surface area contributed by atoms with E-state index in [1.54, 1.807) is 12.1 Å². The number of hydrazone groups is 1. The van der Waals surface area contributed by atoms with Gasteiger partial charge in [-0.25, -0.2) is 4.98 Å². The summed E-state index contributed by atoms with van der Waals surface area (Å²) in [5, 5.41) is 16.7. The van der Waals surface area contributed by atoms with Gasteiger partial charge in [0.05, 0.1) is 11.4 Å². The lowest BCUT2D eigenvalue weighted by molar-refractivity contribution is 0.647. The van der Waals surface area contributed by atoms with E-state index in [2.05, 4.69) is 59.7 Å². The summed E-state index contributed by atoms with van der Waals surface area (Å²) in [6, 6.07) is 17.7. The number of anilines is 1. The van der Waals surface area contributed by atoms with E-state index < -0.39 is 0 Å². The maximum absolute atomic E-state index is 9.43. The molecule has 27 heavy (non-hydrogen) atoms. The molecule has 1 heterocycles. The Morgan fingerprint density at radius 1 is 1.26 bits per heavy atom. The summed E-state index contributed by atoms with van der Waals surface area (Å²) in [6.07, 6.45) is 1.06. The predicted octanol–water partition coefficient (Wildman–Crippen LogP) is 6.00. The van der Waals surface area contributed by atoms with E-state index in [1.807, 2.05) is 17.5 Å². The predicted molar refractivity (Wildman–Crippen MR) is 113 cm³/mol. The molecule has 1 N–H and O–H groups in total. The SMILES string of the molecule is CC(C)Cc1ccc(-c2csc(C(C#N)=NNc3cccc(Cl)c3)n2)cc1. The molecular formula is C21H19ClN4S. The summed E-state index contributed by atoms with van der Waals surface area (Å²) in [7, 11) is 0. The van der Waals surface area contributed by atoms with E-state index in [-0.39, 0.29) is 5.71 Å². The van der Waals surface area contributed by atoms with E-state index in [0.29, 0.717) is 21.6 Å². The normalized spacial score (nSPS) is 11.4. The number of nitriles is 1. The molecule has 6 heteroatoms. The minimum atomic E-state index is 0.239. The number of thiazole rings is 1. The largest absolute Gasteiger partial charge is 0.277 e. The lowest BCUT2D eigenvalue weighted by atomic mass is 10.0. The van der Waals surface area contributed by atoms with Crippen LogP contribution >= 0.6 is 22.9 Å². The summed E-state index contributed by atoms with van der Waals surface area (Å²) in [6.45, 7) is 4.42. The third-order valence-electron chi connectivity index (χ3n) is 3.83. The topological polar surface area (TPSA) is 61.1 Å². The molecule has 3 aromatic rings. The van der Waals surface area contributed by atoms with Crippen molar-refractivity contribution in [2.75, 3.05) is 5.43 Å². The van der Waals surface area contributed by atoms with Crippen molar-refractivity contribution in [1.29, 1.82) is 5.26 Å². The molecule has 0 saturated carbocycles. The molecule has 4 nitrogen and oxygen atoms in total. The van der Waals surface area contributed by atoms with Crippen LogP contribution in [0, 0.1) is 17.2 Å². The molecule has 0 aliphatic rings. The molecule has 0 aliphatic heterocycles. The quantitative estimate of drug-likeness (QED) is 0.411. The molecule has 0 atom stereocenters. The van der Waals surface area contributed by atoms with Crippen molar-refractivity contribution in [1.82, 2.24) is 4.98 Å². The molecule has 0 spiro atoms. The van der Waals surface area contributed by atoms with Crippen LogP contribution in [0.1, 0.15) is 24.4 Å². The van der Waals surface area contributed by atoms with Gasteiger partial charge in [-0.05, 0) is 36.1 Å². The van der Waals surface area contributed by atoms with Crippen LogP contribution in [0.4, 0.5) is 5.69 Å². The first-order chi connectivity index (χ1) is 13.0. The zero-order chi connectivity index (χ0) is 19.2. The average Bonchev–Trinajstić information content (AvgIpc) is 3.12. The average molecular weight is 395 g/mol. The van der Waals surface area contributed by atoms with Crippen LogP contribution in [0.2, 0.25) is 5.02 Å². The molecular weight excluding hydrogens is 376 g/mol. The van der Waals surface area contributed by atoms with Crippen LogP contribution in [-0.4, -0.2) is 10.7 Å². The minimum absolute atomic E-state index is 0.239. The number of hydrogen-bond donors (Lipinski definition) is 1. The Morgan fingerprint density at radius 2 is 2.04 bits per heavy atom. The fourth-order valence-corrected chi connectivity index (χ4v) is 3.55. The van der Waals surface area contributed by atoms with Gasteiger partial charge in [-0.3, -0.25) is 5.43 Å². The van der Waals surface area contributed by atoms with Crippen molar-refractivity contribution in [3.05, 3.63) is 69.5 Å². The van der Waals surface area contributed by atoms with Crippen molar-refractivity contribution in [3.63, 3.8) is 0 Å². The fourth-order valence-electron chi connectivity index (χ4n) is 2.60. The second-order valence-electron chi connectivity index (χ2n) is 6.53. The van der Waals surface area contributed by atoms with Crippen LogP contribution in [0.3, 0.4) is 0 Å². The molecule has 0 aliphatic carbocycles. The third-order valence-corrected chi connectivity index (χ3v) is 4.91. The molecule has 0 unspecified atom stereocenters. The Morgan fingerprint density at radius 3 is 2.70 bits per heavy atom. The van der Waals surface area contributed by atoms with Gasteiger partial charge in [-0.2, -0.15) is 10.4 Å². The number of hydrogen-bond acceptors (Lipinski definition) is 5. The smallest absolute Gasteiger partial charge is 0.196 e. The molecule has 136 valence electrons. The summed E-state index contributed by atoms with van der Waals surface area (Å²) in [4.78, 5) is 4.57. The number of nitrogens with zero attached hydrogens (tertiary/aromatic N) is 3. The van der Waals surface area contributed by atoms with Crippen molar-refractivity contribution in [2.24, 2.45) is 11.0 Å². The standard InChI is InChI=1S/C21H19ClN4S/c1-14(2)10-15-6-8-16(9-7-15)20-13-27-21(24-20)19(12-23)26-25-18-5-3-4-17(22)11-18/h3-9,11,13-14,25H,10H2,1-2H3. The molecule has 0 saturated heterocycles. The van der Waals surface area contributed by atoms with E-state index in [9.17, 15) is 5.26 Å². The van der Waals surface area contributed by atoms with Gasteiger partial charge >= 0.3 is 0 Å². The molecule has 0 bridgehead atoms. The number of benzene rings is 2. The maximum atomic E-state index is 9.43. The first-order valence-electron chi connectivity index (χ1n) is 8.59. The fraction of sp³-hybridized carbons (Fsp3) is 0.190. The number of aromatic nitrogens is 1. The summed E-state index contributed by atoms with van der Waals surface area (Å²) in [5.41, 5.74) is 7.00. The molecule has 0 fully saturated rings. The van der Waals surface area contributed by atoms with Crippen LogP contribution in [0.15, 0.2) is 59.0 Å². The zero-order valence-corrected chi connectivity index (χ0v) is 16.7. The molecule has 3 rings (SSSR count). The Labute approximate surface area is 168 Å². The number of rotatable bonds is 6. The second-order valence-corrected chi connectivity index (χ2v) is 7.82. The van der Waals surface area contributed by atoms with Crippen molar-refractivity contribution in [2.45, 2.75) is 20.3 Å². The maximum Gasteiger partial charge on any atom is 0.196 e. The van der Waals surface area contributed by atoms with Gasteiger partial charge in [-0.15, -0.1) is 11.3 Å². The van der Waals surface area contributed by atoms with Gasteiger partial charge < -0.3 is 0 Å². The van der Waals surface area contributed by atoms with Gasteiger partial charge in [0.1, 0.15) is 6.07 Å². The van der Waals surface area contributed by atoms with Crippen LogP contribution in [0.5, 0.6) is 0 Å². The van der Waals surface area contributed by atoms with Crippen molar-refractivity contribution >= 4 is 34.3 Å². The van der Waals surface area contributed by atoms with Crippen LogP contribution in [0.25, 0.3) is 11.3 Å². The van der Waals surface area contributed by atoms with Gasteiger partial charge in [0, 0.05) is 16.0 Å². The first kappa shape index (κ1) is 19.1. The molecule has 2 aromatic carbocycles. The van der Waals surface area contributed by atoms with Crippen molar-refractivity contribution < 1.29 is 0 Å². The monoisotopic (exact) mass is 394 g/mol. The van der Waals surface area contributed by atoms with Crippen LogP contribution in [-0.2, 0) is 6.42 Å². The Hall–Kier alpha value is -2.68. The highest BCUT2D eigenvalue weighted by atomic mass is 35.5. The molecule has 1 aromatic heterocycles. The minimum Gasteiger partial charge on any atom is -0.277 e. The molecule has 0 radical (unpaired) electrons. The Bertz CT molecular complexity index is 984. The lowest BCUT2D eigenvalue weighted by Gasteiger charge is -2.05. The van der Waals surface area contributed by atoms with E-state index in [4.69, 9.17) is 11.6 Å². The van der Waals surface area contributed by atoms with Crippen LogP contribution < -0.4 is 5.43 Å². The first-order valence-corrected chi connectivity index (χ1v) is 9.85. The van der Waals surface area contributed by atoms with Gasteiger partial charge in [-0.1, -0.05) is 55.8 Å². The summed E-state index contributed by atoms with van der Waals surface area (Å²) < 4.78 is 0. The summed E-state index contributed by atoms with van der Waals surface area (Å²) >= 11 is 7.36. The van der Waals surface area contributed by atoms with E-state index in [0.717, 1.165) is 17.7 Å². The second kappa shape index (κ2) is 8.81. The third kappa shape index (κ3) is 5.16. The molecule has 0 amide bonds. The highest BCUT2D eigenvalue weighted by Gasteiger charge is 2.11. The van der Waals surface area contributed by atoms with E-state index >= 15 is 0 Å². The van der Waals surface area contributed by atoms with Crippen molar-refractivity contribution in [3.8, 4) is 17.3 Å². The van der Waals surface area contributed by atoms with Gasteiger partial charge in [0.2, 0.25) is 0 Å².